The van der Waals surface area contributed by atoms with E-state index >= 15 is 0 Å². The maximum Gasteiger partial charge on any atom is 0.306 e. The Balaban J connectivity index is 1.28. The molecule has 0 aromatic carbocycles. The predicted octanol–water partition coefficient (Wildman–Crippen LogP) is 4.32. The molecule has 2 saturated carbocycles. The standard InChI is InChI=1S/C27H44O7/c1-23(2,17-8-10-26(6)19(12-17)31-26)33-21(29)14-25(5,16-28)15-22(30)34-24(3,4)18-9-11-27(7)20(13-18)32-27/h17-20,28H,8-16H2,1-7H3. The fraction of sp³-hybridized carbons (Fsp3) is 0.926. The van der Waals surface area contributed by atoms with Crippen molar-refractivity contribution in [2.45, 2.75) is 134 Å². The van der Waals surface area contributed by atoms with E-state index in [9.17, 15) is 14.7 Å². The van der Waals surface area contributed by atoms with Gasteiger partial charge in [0.15, 0.2) is 0 Å². The molecule has 0 aromatic heterocycles. The van der Waals surface area contributed by atoms with Gasteiger partial charge >= 0.3 is 11.9 Å². The number of aliphatic hydroxyl groups excluding tert-OH is 1. The predicted molar refractivity (Wildman–Crippen MR) is 126 cm³/mol. The van der Waals surface area contributed by atoms with Crippen LogP contribution in [0.5, 0.6) is 0 Å². The van der Waals surface area contributed by atoms with Crippen LogP contribution in [0.3, 0.4) is 0 Å². The molecular weight excluding hydrogens is 436 g/mol. The minimum Gasteiger partial charge on any atom is -0.459 e. The Morgan fingerprint density at radius 1 is 0.824 bits per heavy atom. The van der Waals surface area contributed by atoms with Crippen LogP contribution in [0.1, 0.15) is 99.8 Å². The lowest BCUT2D eigenvalue weighted by Crippen LogP contribution is -2.43. The number of esters is 2. The first-order chi connectivity index (χ1) is 15.6. The van der Waals surface area contributed by atoms with Crippen LogP contribution in [0.4, 0.5) is 0 Å². The Morgan fingerprint density at radius 2 is 1.21 bits per heavy atom. The number of aliphatic hydroxyl groups is 1. The molecule has 6 atom stereocenters. The molecule has 4 rings (SSSR count). The molecule has 2 saturated heterocycles. The van der Waals surface area contributed by atoms with E-state index in [2.05, 4.69) is 13.8 Å². The zero-order valence-corrected chi connectivity index (χ0v) is 22.1. The Morgan fingerprint density at radius 3 is 1.53 bits per heavy atom. The first kappa shape index (κ1) is 25.9. The lowest BCUT2D eigenvalue weighted by atomic mass is 9.75. The molecule has 194 valence electrons. The number of carbonyl (C=O) groups excluding carboxylic acids is 2. The Hall–Kier alpha value is -1.18. The van der Waals surface area contributed by atoms with Crippen molar-refractivity contribution in [2.24, 2.45) is 17.3 Å². The maximum atomic E-state index is 12.9. The summed E-state index contributed by atoms with van der Waals surface area (Å²) in [5, 5.41) is 10.1. The number of carbonyl (C=O) groups is 2. The highest BCUT2D eigenvalue weighted by Gasteiger charge is 2.58. The molecule has 0 aromatic rings. The molecule has 4 fully saturated rings. The number of hydrogen-bond donors (Lipinski definition) is 1. The van der Waals surface area contributed by atoms with Gasteiger partial charge in [-0.3, -0.25) is 9.59 Å². The summed E-state index contributed by atoms with van der Waals surface area (Å²) in [6, 6.07) is 0. The highest BCUT2D eigenvalue weighted by atomic mass is 16.6. The van der Waals surface area contributed by atoms with Gasteiger partial charge in [-0.25, -0.2) is 0 Å². The average molecular weight is 481 g/mol. The van der Waals surface area contributed by atoms with Crippen LogP contribution in [0.25, 0.3) is 0 Å². The first-order valence-corrected chi connectivity index (χ1v) is 13.0. The van der Waals surface area contributed by atoms with E-state index in [0.717, 1.165) is 38.5 Å². The smallest absolute Gasteiger partial charge is 0.306 e. The third-order valence-electron chi connectivity index (χ3n) is 9.29. The quantitative estimate of drug-likeness (QED) is 0.387. The van der Waals surface area contributed by atoms with E-state index in [0.29, 0.717) is 0 Å². The normalized spacial score (nSPS) is 38.7. The van der Waals surface area contributed by atoms with Crippen molar-refractivity contribution < 1.29 is 33.6 Å². The minimum absolute atomic E-state index is 0.0170. The number of fused-ring (bicyclic) bond motifs is 2. The van der Waals surface area contributed by atoms with Gasteiger partial charge in [-0.05, 0) is 80.1 Å². The summed E-state index contributed by atoms with van der Waals surface area (Å²) in [5.41, 5.74) is -2.14. The van der Waals surface area contributed by atoms with Crippen molar-refractivity contribution in [3.8, 4) is 0 Å². The van der Waals surface area contributed by atoms with Gasteiger partial charge in [0, 0.05) is 23.9 Å². The molecule has 0 bridgehead atoms. The van der Waals surface area contributed by atoms with E-state index in [1.165, 1.54) is 0 Å². The van der Waals surface area contributed by atoms with Gasteiger partial charge in [-0.2, -0.15) is 0 Å². The molecule has 0 radical (unpaired) electrons. The minimum atomic E-state index is -0.935. The van der Waals surface area contributed by atoms with Crippen LogP contribution in [0.2, 0.25) is 0 Å². The molecule has 1 N–H and O–H groups in total. The highest BCUT2D eigenvalue weighted by molar-refractivity contribution is 5.74. The van der Waals surface area contributed by atoms with Gasteiger partial charge in [0.25, 0.3) is 0 Å². The van der Waals surface area contributed by atoms with Gasteiger partial charge < -0.3 is 24.1 Å². The van der Waals surface area contributed by atoms with Crippen molar-refractivity contribution in [1.82, 2.24) is 0 Å². The lowest BCUT2D eigenvalue weighted by molar-refractivity contribution is -0.170. The SMILES string of the molecule is CC(CO)(CC(=O)OC(C)(C)C1CCC2(C)OC2C1)CC(=O)OC(C)(C)C1CCC2(C)OC2C1. The molecule has 34 heavy (non-hydrogen) atoms. The average Bonchev–Trinajstić information content (AvgIpc) is 3.57. The second-order valence-electron chi connectivity index (χ2n) is 13.3. The fourth-order valence-corrected chi connectivity index (χ4v) is 6.25. The summed E-state index contributed by atoms with van der Waals surface area (Å²) in [4.78, 5) is 25.8. The van der Waals surface area contributed by atoms with Crippen molar-refractivity contribution in [3.05, 3.63) is 0 Å². The zero-order chi connectivity index (χ0) is 25.2. The molecule has 0 amide bonds. The first-order valence-electron chi connectivity index (χ1n) is 13.0. The second-order valence-corrected chi connectivity index (χ2v) is 13.3. The van der Waals surface area contributed by atoms with Crippen LogP contribution in [-0.4, -0.2) is 58.3 Å². The van der Waals surface area contributed by atoms with Gasteiger partial charge in [0.05, 0.1) is 36.3 Å². The van der Waals surface area contributed by atoms with E-state index < -0.39 is 28.6 Å². The number of epoxide rings is 2. The van der Waals surface area contributed by atoms with Crippen LogP contribution >= 0.6 is 0 Å². The molecule has 2 aliphatic heterocycles. The van der Waals surface area contributed by atoms with E-state index in [1.54, 1.807) is 6.92 Å². The Kier molecular flexibility index (Phi) is 6.43. The number of rotatable bonds is 9. The van der Waals surface area contributed by atoms with Crippen molar-refractivity contribution in [2.75, 3.05) is 6.61 Å². The topological polar surface area (TPSA) is 97.9 Å². The molecule has 7 heteroatoms. The maximum absolute atomic E-state index is 12.9. The summed E-state index contributed by atoms with van der Waals surface area (Å²) in [6.45, 7) is 13.5. The molecule has 0 spiro atoms. The van der Waals surface area contributed by atoms with Gasteiger partial charge in [-0.15, -0.1) is 0 Å². The Bertz CT molecular complexity index is 758. The summed E-state index contributed by atoms with van der Waals surface area (Å²) in [5.74, 6) is -0.320. The highest BCUT2D eigenvalue weighted by Crippen LogP contribution is 2.53. The summed E-state index contributed by atoms with van der Waals surface area (Å²) in [6.07, 6.45) is 6.09. The summed E-state index contributed by atoms with van der Waals surface area (Å²) >= 11 is 0. The summed E-state index contributed by atoms with van der Waals surface area (Å²) in [7, 11) is 0. The molecule has 2 heterocycles. The second kappa shape index (κ2) is 8.45. The van der Waals surface area contributed by atoms with Crippen LogP contribution in [0, 0.1) is 17.3 Å². The molecule has 6 unspecified atom stereocenters. The molecule has 7 nitrogen and oxygen atoms in total. The monoisotopic (exact) mass is 480 g/mol. The van der Waals surface area contributed by atoms with E-state index in [4.69, 9.17) is 18.9 Å². The summed E-state index contributed by atoms with van der Waals surface area (Å²) < 4.78 is 23.4. The third-order valence-corrected chi connectivity index (χ3v) is 9.29. The fourth-order valence-electron chi connectivity index (χ4n) is 6.25. The van der Waals surface area contributed by atoms with Crippen molar-refractivity contribution in [1.29, 1.82) is 0 Å². The van der Waals surface area contributed by atoms with E-state index in [1.807, 2.05) is 27.7 Å². The van der Waals surface area contributed by atoms with Crippen LogP contribution in [0.15, 0.2) is 0 Å². The van der Waals surface area contributed by atoms with Crippen molar-refractivity contribution >= 4 is 11.9 Å². The van der Waals surface area contributed by atoms with Gasteiger partial charge in [0.1, 0.15) is 11.2 Å². The number of hydrogen-bond acceptors (Lipinski definition) is 7. The lowest BCUT2D eigenvalue weighted by Gasteiger charge is -2.38. The van der Waals surface area contributed by atoms with Gasteiger partial charge in [0.2, 0.25) is 0 Å². The van der Waals surface area contributed by atoms with Crippen molar-refractivity contribution in [3.63, 3.8) is 0 Å². The molecular formula is C27H44O7. The van der Waals surface area contributed by atoms with E-state index in [-0.39, 0.29) is 54.7 Å². The largest absolute Gasteiger partial charge is 0.459 e. The zero-order valence-electron chi connectivity index (χ0n) is 22.1. The van der Waals surface area contributed by atoms with Crippen LogP contribution in [-0.2, 0) is 28.5 Å². The third kappa shape index (κ3) is 5.31. The van der Waals surface area contributed by atoms with Crippen LogP contribution < -0.4 is 0 Å². The number of ether oxygens (including phenoxy) is 4. The van der Waals surface area contributed by atoms with Gasteiger partial charge in [-0.1, -0.05) is 6.92 Å². The Labute approximate surface area is 204 Å². The molecule has 2 aliphatic carbocycles. The molecule has 4 aliphatic rings.